The van der Waals surface area contributed by atoms with Crippen molar-refractivity contribution in [1.82, 2.24) is 20.3 Å². The third-order valence-electron chi connectivity index (χ3n) is 3.74. The summed E-state index contributed by atoms with van der Waals surface area (Å²) in [5.74, 6) is -0.0624. The van der Waals surface area contributed by atoms with Crippen molar-refractivity contribution in [2.24, 2.45) is 0 Å². The lowest BCUT2D eigenvalue weighted by Gasteiger charge is -2.05. The maximum atomic E-state index is 12.3. The highest BCUT2D eigenvalue weighted by molar-refractivity contribution is 5.96. The molecule has 0 bridgehead atoms. The van der Waals surface area contributed by atoms with E-state index in [-0.39, 0.29) is 17.4 Å². The molecule has 3 N–H and O–H groups in total. The molecule has 6 nitrogen and oxygen atoms in total. The Morgan fingerprint density at radius 3 is 2.50 bits per heavy atom. The zero-order valence-corrected chi connectivity index (χ0v) is 13.4. The van der Waals surface area contributed by atoms with E-state index in [2.05, 4.69) is 15.6 Å². The second-order valence-electron chi connectivity index (χ2n) is 5.63. The highest BCUT2D eigenvalue weighted by atomic mass is 16.2. The van der Waals surface area contributed by atoms with Gasteiger partial charge in [0.15, 0.2) is 11.5 Å². The average Bonchev–Trinajstić information content (AvgIpc) is 2.96. The summed E-state index contributed by atoms with van der Waals surface area (Å²) >= 11 is 0. The minimum Gasteiger partial charge on any atom is -0.382 e. The van der Waals surface area contributed by atoms with Crippen LogP contribution in [0.3, 0.4) is 0 Å². The number of benzene rings is 2. The summed E-state index contributed by atoms with van der Waals surface area (Å²) in [6, 6.07) is 17.7. The molecule has 0 saturated carbocycles. The molecule has 3 aromatic rings. The van der Waals surface area contributed by atoms with Gasteiger partial charge in [0, 0.05) is 6.54 Å². The number of hydrogen-bond donors (Lipinski definition) is 2. The van der Waals surface area contributed by atoms with Crippen LogP contribution in [0.25, 0.3) is 0 Å². The maximum absolute atomic E-state index is 12.3. The van der Waals surface area contributed by atoms with Gasteiger partial charge in [-0.1, -0.05) is 65.4 Å². The fraction of sp³-hybridized carbons (Fsp3) is 0.167. The molecule has 3 rings (SSSR count). The van der Waals surface area contributed by atoms with E-state index in [0.717, 1.165) is 11.1 Å². The summed E-state index contributed by atoms with van der Waals surface area (Å²) in [6.45, 7) is 2.92. The number of nitrogen functional groups attached to an aromatic ring is 1. The zero-order valence-electron chi connectivity index (χ0n) is 13.4. The Kier molecular flexibility index (Phi) is 4.56. The normalized spacial score (nSPS) is 10.5. The van der Waals surface area contributed by atoms with E-state index >= 15 is 0 Å². The van der Waals surface area contributed by atoms with Gasteiger partial charge in [0.2, 0.25) is 0 Å². The fourth-order valence-electron chi connectivity index (χ4n) is 2.33. The van der Waals surface area contributed by atoms with Crippen LogP contribution >= 0.6 is 0 Å². The number of aromatic nitrogens is 3. The summed E-state index contributed by atoms with van der Waals surface area (Å²) in [4.78, 5) is 12.3. The Balaban J connectivity index is 1.66. The van der Waals surface area contributed by atoms with Gasteiger partial charge < -0.3 is 11.1 Å². The number of carbonyl (C=O) groups is 1. The molecule has 0 saturated heterocycles. The first-order chi connectivity index (χ1) is 11.6. The molecule has 1 aromatic heterocycles. The van der Waals surface area contributed by atoms with Crippen LogP contribution in [0.4, 0.5) is 5.82 Å². The lowest BCUT2D eigenvalue weighted by molar-refractivity contribution is 0.0946. The molecule has 0 radical (unpaired) electrons. The summed E-state index contributed by atoms with van der Waals surface area (Å²) in [5, 5.41) is 10.7. The van der Waals surface area contributed by atoms with Crippen LogP contribution in [0, 0.1) is 6.92 Å². The number of nitrogens with zero attached hydrogens (tertiary/aromatic N) is 3. The molecular weight excluding hydrogens is 302 g/mol. The van der Waals surface area contributed by atoms with Gasteiger partial charge in [0.1, 0.15) is 0 Å². The van der Waals surface area contributed by atoms with E-state index in [0.29, 0.717) is 13.1 Å². The number of amides is 1. The average molecular weight is 321 g/mol. The van der Waals surface area contributed by atoms with Crippen molar-refractivity contribution in [1.29, 1.82) is 0 Å². The number of hydrogen-bond acceptors (Lipinski definition) is 4. The monoisotopic (exact) mass is 321 g/mol. The first-order valence-electron chi connectivity index (χ1n) is 7.70. The molecule has 0 spiro atoms. The number of nitrogens with one attached hydrogen (secondary N) is 1. The van der Waals surface area contributed by atoms with Gasteiger partial charge in [-0.15, -0.1) is 5.10 Å². The lowest BCUT2D eigenvalue weighted by atomic mass is 10.1. The van der Waals surface area contributed by atoms with Crippen LogP contribution in [-0.2, 0) is 13.1 Å². The minimum absolute atomic E-state index is 0.151. The van der Waals surface area contributed by atoms with Gasteiger partial charge >= 0.3 is 0 Å². The molecule has 0 fully saturated rings. The van der Waals surface area contributed by atoms with Gasteiger partial charge in [0.05, 0.1) is 6.54 Å². The minimum atomic E-state index is -0.326. The van der Waals surface area contributed by atoms with E-state index in [1.54, 1.807) is 0 Å². The molecule has 1 amide bonds. The molecule has 0 aliphatic heterocycles. The van der Waals surface area contributed by atoms with E-state index in [1.165, 1.54) is 10.2 Å². The van der Waals surface area contributed by atoms with Crippen LogP contribution < -0.4 is 11.1 Å². The Morgan fingerprint density at radius 2 is 1.79 bits per heavy atom. The van der Waals surface area contributed by atoms with E-state index < -0.39 is 0 Å². The number of nitrogens with two attached hydrogens (primary N) is 1. The number of rotatable bonds is 5. The molecule has 122 valence electrons. The largest absolute Gasteiger partial charge is 0.382 e. The number of carbonyl (C=O) groups excluding carboxylic acids is 1. The summed E-state index contributed by atoms with van der Waals surface area (Å²) in [5.41, 5.74) is 9.41. The summed E-state index contributed by atoms with van der Waals surface area (Å²) in [7, 11) is 0. The third-order valence-corrected chi connectivity index (χ3v) is 3.74. The molecule has 0 atom stereocenters. The topological polar surface area (TPSA) is 85.8 Å². The van der Waals surface area contributed by atoms with Gasteiger partial charge in [-0.3, -0.25) is 4.79 Å². The number of aryl methyl sites for hydroxylation is 1. The quantitative estimate of drug-likeness (QED) is 0.754. The first-order valence-corrected chi connectivity index (χ1v) is 7.70. The predicted octanol–water partition coefficient (Wildman–Crippen LogP) is 2.15. The second kappa shape index (κ2) is 6.95. The van der Waals surface area contributed by atoms with Crippen molar-refractivity contribution in [2.45, 2.75) is 20.0 Å². The van der Waals surface area contributed by atoms with Gasteiger partial charge in [-0.05, 0) is 18.1 Å². The highest BCUT2D eigenvalue weighted by Crippen LogP contribution is 2.11. The van der Waals surface area contributed by atoms with Crippen LogP contribution in [0.1, 0.15) is 27.2 Å². The summed E-state index contributed by atoms with van der Waals surface area (Å²) in [6.07, 6.45) is 0. The van der Waals surface area contributed by atoms with Gasteiger partial charge in [0.25, 0.3) is 5.91 Å². The third kappa shape index (κ3) is 3.60. The van der Waals surface area contributed by atoms with E-state index in [1.807, 2.05) is 61.5 Å². The Labute approximate surface area is 140 Å². The van der Waals surface area contributed by atoms with Crippen molar-refractivity contribution in [3.05, 3.63) is 77.0 Å². The molecule has 0 aliphatic rings. The number of anilines is 1. The van der Waals surface area contributed by atoms with Crippen molar-refractivity contribution in [3.8, 4) is 0 Å². The van der Waals surface area contributed by atoms with Crippen LogP contribution in [-0.4, -0.2) is 20.9 Å². The predicted molar refractivity (Wildman–Crippen MR) is 92.3 cm³/mol. The van der Waals surface area contributed by atoms with E-state index in [4.69, 9.17) is 5.73 Å². The smallest absolute Gasteiger partial charge is 0.275 e. The Hall–Kier alpha value is -3.15. The molecule has 24 heavy (non-hydrogen) atoms. The molecule has 0 aliphatic carbocycles. The summed E-state index contributed by atoms with van der Waals surface area (Å²) < 4.78 is 1.52. The van der Waals surface area contributed by atoms with Gasteiger partial charge in [-0.25, -0.2) is 4.68 Å². The van der Waals surface area contributed by atoms with Crippen molar-refractivity contribution in [2.75, 3.05) is 5.73 Å². The Bertz CT molecular complexity index is 824. The molecule has 6 heteroatoms. The van der Waals surface area contributed by atoms with Crippen LogP contribution in [0.2, 0.25) is 0 Å². The molecule has 0 unspecified atom stereocenters. The SMILES string of the molecule is Cc1ccc(CNC(=O)c2nnn(Cc3ccccc3)c2N)cc1. The zero-order chi connectivity index (χ0) is 16.9. The van der Waals surface area contributed by atoms with Crippen molar-refractivity contribution < 1.29 is 4.79 Å². The molecule has 2 aromatic carbocycles. The first kappa shape index (κ1) is 15.7. The van der Waals surface area contributed by atoms with Crippen LogP contribution in [0.5, 0.6) is 0 Å². The van der Waals surface area contributed by atoms with Crippen molar-refractivity contribution >= 4 is 11.7 Å². The Morgan fingerprint density at radius 1 is 1.08 bits per heavy atom. The second-order valence-corrected chi connectivity index (χ2v) is 5.63. The van der Waals surface area contributed by atoms with Gasteiger partial charge in [-0.2, -0.15) is 0 Å². The van der Waals surface area contributed by atoms with Crippen LogP contribution in [0.15, 0.2) is 54.6 Å². The fourth-order valence-corrected chi connectivity index (χ4v) is 2.33. The maximum Gasteiger partial charge on any atom is 0.275 e. The standard InChI is InChI=1S/C18H19N5O/c1-13-7-9-14(10-8-13)11-20-18(24)16-17(19)23(22-21-16)12-15-5-3-2-4-6-15/h2-10H,11-12,19H2,1H3,(H,20,24). The van der Waals surface area contributed by atoms with Crippen molar-refractivity contribution in [3.63, 3.8) is 0 Å². The molecule has 1 heterocycles. The lowest BCUT2D eigenvalue weighted by Crippen LogP contribution is -2.24. The van der Waals surface area contributed by atoms with E-state index in [9.17, 15) is 4.79 Å². The molecular formula is C18H19N5O. The highest BCUT2D eigenvalue weighted by Gasteiger charge is 2.17.